The third kappa shape index (κ3) is 3.88. The lowest BCUT2D eigenvalue weighted by atomic mass is 9.84. The fourth-order valence-corrected chi connectivity index (χ4v) is 2.66. The second-order valence-electron chi connectivity index (χ2n) is 5.19. The van der Waals surface area contributed by atoms with Crippen LogP contribution >= 0.6 is 0 Å². The van der Waals surface area contributed by atoms with Crippen LogP contribution in [0.1, 0.15) is 43.6 Å². The Morgan fingerprint density at radius 1 is 1.19 bits per heavy atom. The smallest absolute Gasteiger partial charge is 0.358 e. The maximum atomic E-state index is 10.9. The van der Waals surface area contributed by atoms with Crippen LogP contribution in [0.3, 0.4) is 0 Å². The van der Waals surface area contributed by atoms with Crippen LogP contribution < -0.4 is 21.7 Å². The topological polar surface area (TPSA) is 111 Å². The molecule has 6 N–H and O–H groups in total. The van der Waals surface area contributed by atoms with Crippen LogP contribution in [0.15, 0.2) is 35.8 Å². The van der Waals surface area contributed by atoms with Gasteiger partial charge >= 0.3 is 5.97 Å². The highest BCUT2D eigenvalue weighted by atomic mass is 16.5. The first kappa shape index (κ1) is 15.2. The molecule has 1 aromatic carbocycles. The molecule has 21 heavy (non-hydrogen) atoms. The van der Waals surface area contributed by atoms with E-state index in [1.165, 1.54) is 37.7 Å². The van der Waals surface area contributed by atoms with Crippen molar-refractivity contribution in [1.82, 2.24) is 5.43 Å². The van der Waals surface area contributed by atoms with E-state index in [9.17, 15) is 4.79 Å². The van der Waals surface area contributed by atoms with Gasteiger partial charge in [0.2, 0.25) is 5.88 Å². The molecule has 1 aliphatic carbocycles. The number of aliphatic carboxylic acids is 1. The fourth-order valence-electron chi connectivity index (χ4n) is 2.66. The second-order valence-corrected chi connectivity index (χ2v) is 5.19. The van der Waals surface area contributed by atoms with E-state index < -0.39 is 5.97 Å². The van der Waals surface area contributed by atoms with Crippen molar-refractivity contribution in [2.45, 2.75) is 38.0 Å². The van der Waals surface area contributed by atoms with Gasteiger partial charge in [0.25, 0.3) is 0 Å². The Kier molecular flexibility index (Phi) is 5.05. The van der Waals surface area contributed by atoms with Crippen LogP contribution in [0, 0.1) is 0 Å². The molecule has 1 aromatic rings. The number of hydrogen-bond donors (Lipinski definition) is 4. The maximum absolute atomic E-state index is 10.9. The van der Waals surface area contributed by atoms with Gasteiger partial charge in [-0.15, -0.1) is 0 Å². The maximum Gasteiger partial charge on any atom is 0.358 e. The predicted octanol–water partition coefficient (Wildman–Crippen LogP) is 1.79. The lowest BCUT2D eigenvalue weighted by Crippen LogP contribution is -2.31. The summed E-state index contributed by atoms with van der Waals surface area (Å²) in [6.07, 6.45) is 6.33. The third-order valence-corrected chi connectivity index (χ3v) is 3.79. The highest BCUT2D eigenvalue weighted by Gasteiger charge is 2.16. The van der Waals surface area contributed by atoms with Gasteiger partial charge in [-0.25, -0.2) is 4.79 Å². The lowest BCUT2D eigenvalue weighted by molar-refractivity contribution is -0.133. The van der Waals surface area contributed by atoms with E-state index in [4.69, 9.17) is 21.4 Å². The van der Waals surface area contributed by atoms with Crippen LogP contribution in [-0.4, -0.2) is 11.1 Å². The van der Waals surface area contributed by atoms with Crippen molar-refractivity contribution in [2.24, 2.45) is 11.6 Å². The second kappa shape index (κ2) is 6.99. The number of nitrogens with two attached hydrogens (primary N) is 2. The predicted molar refractivity (Wildman–Crippen MR) is 79.1 cm³/mol. The monoisotopic (exact) mass is 291 g/mol. The van der Waals surface area contributed by atoms with Crippen LogP contribution in [0.5, 0.6) is 5.75 Å². The summed E-state index contributed by atoms with van der Waals surface area (Å²) in [6, 6.07) is 7.61. The van der Waals surface area contributed by atoms with E-state index in [1.807, 2.05) is 17.6 Å². The van der Waals surface area contributed by atoms with Crippen molar-refractivity contribution in [3.8, 4) is 5.75 Å². The van der Waals surface area contributed by atoms with Crippen molar-refractivity contribution in [2.75, 3.05) is 0 Å². The summed E-state index contributed by atoms with van der Waals surface area (Å²) >= 11 is 0. The summed E-state index contributed by atoms with van der Waals surface area (Å²) in [5.41, 5.74) is 8.51. The molecule has 0 atom stereocenters. The van der Waals surface area contributed by atoms with Crippen molar-refractivity contribution < 1.29 is 14.6 Å². The van der Waals surface area contributed by atoms with Gasteiger partial charge in [-0.05, 0) is 36.5 Å². The molecule has 2 rings (SSSR count). The minimum Gasteiger partial charge on any atom is -0.476 e. The van der Waals surface area contributed by atoms with Crippen molar-refractivity contribution >= 4 is 5.97 Å². The van der Waals surface area contributed by atoms with Crippen LogP contribution in [-0.2, 0) is 4.79 Å². The molecule has 6 heteroatoms. The zero-order chi connectivity index (χ0) is 15.2. The van der Waals surface area contributed by atoms with Crippen LogP contribution in [0.25, 0.3) is 0 Å². The molecule has 0 heterocycles. The summed E-state index contributed by atoms with van der Waals surface area (Å²) in [6.45, 7) is 0. The van der Waals surface area contributed by atoms with E-state index in [2.05, 4.69) is 0 Å². The Bertz CT molecular complexity index is 519. The standard InChI is InChI=1S/C15H21N3O3/c16-14(13(18-17)15(19)20)21-12-8-6-11(7-9-12)10-4-2-1-3-5-10/h6-10,18H,1-5,16-17H2,(H,19,20)/b14-13+. The van der Waals surface area contributed by atoms with Gasteiger partial charge in [0.1, 0.15) is 5.75 Å². The highest BCUT2D eigenvalue weighted by Crippen LogP contribution is 2.33. The molecule has 0 radical (unpaired) electrons. The first-order valence-corrected chi connectivity index (χ1v) is 7.09. The third-order valence-electron chi connectivity index (χ3n) is 3.79. The summed E-state index contributed by atoms with van der Waals surface area (Å²) in [4.78, 5) is 10.9. The van der Waals surface area contributed by atoms with Crippen molar-refractivity contribution in [3.63, 3.8) is 0 Å². The number of nitrogens with one attached hydrogen (secondary N) is 1. The minimum atomic E-state index is -1.27. The number of carboxylic acid groups (broad SMARTS) is 1. The average molecular weight is 291 g/mol. The Labute approximate surface area is 123 Å². The zero-order valence-electron chi connectivity index (χ0n) is 11.8. The molecular weight excluding hydrogens is 270 g/mol. The Morgan fingerprint density at radius 2 is 1.81 bits per heavy atom. The minimum absolute atomic E-state index is 0.268. The molecular formula is C15H21N3O3. The highest BCUT2D eigenvalue weighted by molar-refractivity contribution is 5.86. The number of carboxylic acids is 1. The number of carbonyl (C=O) groups is 1. The van der Waals surface area contributed by atoms with Gasteiger partial charge < -0.3 is 21.0 Å². The normalized spacial score (nSPS) is 17.0. The van der Waals surface area contributed by atoms with Crippen molar-refractivity contribution in [1.29, 1.82) is 0 Å². The molecule has 114 valence electrons. The molecule has 1 fully saturated rings. The van der Waals surface area contributed by atoms with Gasteiger partial charge in [0, 0.05) is 0 Å². The SMILES string of the molecule is NN/C(C(=O)O)=C(\N)Oc1ccc(C2CCCCC2)cc1. The molecule has 0 aromatic heterocycles. The van der Waals surface area contributed by atoms with E-state index in [0.29, 0.717) is 11.7 Å². The number of hydrazine groups is 1. The van der Waals surface area contributed by atoms with Gasteiger partial charge in [-0.3, -0.25) is 5.84 Å². The van der Waals surface area contributed by atoms with E-state index in [-0.39, 0.29) is 11.6 Å². The molecule has 1 aliphatic rings. The molecule has 0 spiro atoms. The number of ether oxygens (including phenoxy) is 1. The summed E-state index contributed by atoms with van der Waals surface area (Å²) < 4.78 is 5.31. The first-order valence-electron chi connectivity index (χ1n) is 7.09. The lowest BCUT2D eigenvalue weighted by Gasteiger charge is -2.22. The van der Waals surface area contributed by atoms with E-state index >= 15 is 0 Å². The average Bonchev–Trinajstić information content (AvgIpc) is 2.49. The molecule has 0 unspecified atom stereocenters. The Balaban J connectivity index is 2.07. The van der Waals surface area contributed by atoms with Crippen LogP contribution in [0.2, 0.25) is 0 Å². The quantitative estimate of drug-likeness (QED) is 0.285. The molecule has 6 nitrogen and oxygen atoms in total. The largest absolute Gasteiger partial charge is 0.476 e. The van der Waals surface area contributed by atoms with Gasteiger partial charge in [0.05, 0.1) is 0 Å². The van der Waals surface area contributed by atoms with Gasteiger partial charge in [-0.2, -0.15) is 0 Å². The molecule has 0 bridgehead atoms. The Morgan fingerprint density at radius 3 is 2.33 bits per heavy atom. The first-order chi connectivity index (χ1) is 10.1. The van der Waals surface area contributed by atoms with E-state index in [0.717, 1.165) is 0 Å². The fraction of sp³-hybridized carbons (Fsp3) is 0.400. The number of benzene rings is 1. The van der Waals surface area contributed by atoms with Gasteiger partial charge in [-0.1, -0.05) is 31.4 Å². The summed E-state index contributed by atoms with van der Waals surface area (Å²) in [5.74, 6) is 4.66. The molecule has 0 saturated heterocycles. The zero-order valence-corrected chi connectivity index (χ0v) is 11.8. The van der Waals surface area contributed by atoms with Crippen LogP contribution in [0.4, 0.5) is 0 Å². The number of rotatable bonds is 5. The molecule has 0 aliphatic heterocycles. The summed E-state index contributed by atoms with van der Waals surface area (Å²) in [7, 11) is 0. The van der Waals surface area contributed by atoms with E-state index in [1.54, 1.807) is 12.1 Å². The summed E-state index contributed by atoms with van der Waals surface area (Å²) in [5, 5.41) is 8.88. The van der Waals surface area contributed by atoms with Gasteiger partial charge in [0.15, 0.2) is 5.70 Å². The van der Waals surface area contributed by atoms with Crippen molar-refractivity contribution in [3.05, 3.63) is 41.4 Å². The molecule has 0 amide bonds. The Hall–Kier alpha value is -2.21. The molecule has 1 saturated carbocycles. The number of hydrogen-bond acceptors (Lipinski definition) is 5.